The lowest BCUT2D eigenvalue weighted by atomic mass is 9.94. The maximum atomic E-state index is 12.8. The van der Waals surface area contributed by atoms with Gasteiger partial charge in [-0.3, -0.25) is 4.79 Å². The Morgan fingerprint density at radius 2 is 1.91 bits per heavy atom. The Morgan fingerprint density at radius 1 is 1.22 bits per heavy atom. The Bertz CT molecular complexity index is 638. The van der Waals surface area contributed by atoms with Gasteiger partial charge in [-0.1, -0.05) is 43.3 Å². The molecule has 1 fully saturated rings. The highest BCUT2D eigenvalue weighted by Gasteiger charge is 2.35. The van der Waals surface area contributed by atoms with E-state index >= 15 is 0 Å². The number of anilines is 1. The van der Waals surface area contributed by atoms with Crippen molar-refractivity contribution in [2.24, 2.45) is 0 Å². The lowest BCUT2D eigenvalue weighted by Crippen LogP contribution is -2.60. The lowest BCUT2D eigenvalue weighted by Gasteiger charge is -2.45. The molecule has 3 rings (SSSR count). The van der Waals surface area contributed by atoms with E-state index in [9.17, 15) is 4.79 Å². The molecule has 1 aliphatic heterocycles. The smallest absolute Gasteiger partial charge is 0.230 e. The average Bonchev–Trinajstić information content (AvgIpc) is 2.56. The van der Waals surface area contributed by atoms with E-state index in [1.54, 1.807) is 6.20 Å². The molecule has 4 heteroatoms. The minimum absolute atomic E-state index is 0.0508. The van der Waals surface area contributed by atoms with Crippen LogP contribution in [0.25, 0.3) is 0 Å². The minimum Gasteiger partial charge on any atom is -0.352 e. The first-order valence-corrected chi connectivity index (χ1v) is 8.18. The van der Waals surface area contributed by atoms with Crippen molar-refractivity contribution in [1.29, 1.82) is 0 Å². The van der Waals surface area contributed by atoms with Gasteiger partial charge in [0.1, 0.15) is 5.82 Å². The Morgan fingerprint density at radius 3 is 2.52 bits per heavy atom. The number of amides is 1. The van der Waals surface area contributed by atoms with Gasteiger partial charge in [-0.05, 0) is 24.1 Å². The van der Waals surface area contributed by atoms with Gasteiger partial charge >= 0.3 is 0 Å². The van der Waals surface area contributed by atoms with E-state index in [0.29, 0.717) is 0 Å². The van der Waals surface area contributed by atoms with Crippen LogP contribution in [0.2, 0.25) is 0 Å². The molecule has 1 aliphatic rings. The maximum Gasteiger partial charge on any atom is 0.230 e. The van der Waals surface area contributed by atoms with E-state index in [4.69, 9.17) is 0 Å². The Balaban J connectivity index is 1.62. The SMILES string of the molecule is CCC(C(=O)N(C)C1CN(c2ccccn2)C1)c1ccccc1. The van der Waals surface area contributed by atoms with Crippen LogP contribution in [0.1, 0.15) is 24.8 Å². The van der Waals surface area contributed by atoms with Gasteiger partial charge in [0.2, 0.25) is 5.91 Å². The molecule has 2 heterocycles. The lowest BCUT2D eigenvalue weighted by molar-refractivity contribution is -0.134. The fraction of sp³-hybridized carbons (Fsp3) is 0.368. The fourth-order valence-electron chi connectivity index (χ4n) is 3.09. The summed E-state index contributed by atoms with van der Waals surface area (Å²) in [7, 11) is 1.92. The Hall–Kier alpha value is -2.36. The first-order chi connectivity index (χ1) is 11.2. The monoisotopic (exact) mass is 309 g/mol. The quantitative estimate of drug-likeness (QED) is 0.852. The number of rotatable bonds is 5. The first kappa shape index (κ1) is 15.5. The summed E-state index contributed by atoms with van der Waals surface area (Å²) in [5, 5.41) is 0. The van der Waals surface area contributed by atoms with Gasteiger partial charge in [0.25, 0.3) is 0 Å². The second-order valence-corrected chi connectivity index (χ2v) is 6.07. The van der Waals surface area contributed by atoms with Gasteiger partial charge in [0, 0.05) is 26.3 Å². The van der Waals surface area contributed by atoms with Crippen LogP contribution in [0, 0.1) is 0 Å². The molecule has 1 aromatic heterocycles. The van der Waals surface area contributed by atoms with Crippen molar-refractivity contribution in [1.82, 2.24) is 9.88 Å². The summed E-state index contributed by atoms with van der Waals surface area (Å²) in [5.41, 5.74) is 1.10. The molecule has 2 aromatic rings. The van der Waals surface area contributed by atoms with Gasteiger partial charge in [0.05, 0.1) is 12.0 Å². The van der Waals surface area contributed by atoms with Crippen molar-refractivity contribution in [3.8, 4) is 0 Å². The summed E-state index contributed by atoms with van der Waals surface area (Å²) in [6.45, 7) is 3.78. The highest BCUT2D eigenvalue weighted by Crippen LogP contribution is 2.26. The van der Waals surface area contributed by atoms with Gasteiger partial charge < -0.3 is 9.80 Å². The second kappa shape index (κ2) is 6.82. The van der Waals surface area contributed by atoms with Crippen LogP contribution in [0.3, 0.4) is 0 Å². The maximum absolute atomic E-state index is 12.8. The number of carbonyl (C=O) groups is 1. The summed E-state index contributed by atoms with van der Waals surface area (Å²) < 4.78 is 0. The molecule has 0 aliphatic carbocycles. The van der Waals surface area contributed by atoms with Crippen LogP contribution in [0.4, 0.5) is 5.82 Å². The molecule has 0 bridgehead atoms. The summed E-state index contributed by atoms with van der Waals surface area (Å²) in [4.78, 5) is 21.3. The average molecular weight is 309 g/mol. The van der Waals surface area contributed by atoms with Crippen molar-refractivity contribution in [3.63, 3.8) is 0 Å². The summed E-state index contributed by atoms with van der Waals surface area (Å²) >= 11 is 0. The number of aromatic nitrogens is 1. The van der Waals surface area contributed by atoms with Crippen molar-refractivity contribution in [2.75, 3.05) is 25.0 Å². The van der Waals surface area contributed by atoms with Crippen molar-refractivity contribution >= 4 is 11.7 Å². The molecule has 1 aromatic carbocycles. The molecule has 1 unspecified atom stereocenters. The second-order valence-electron chi connectivity index (χ2n) is 6.07. The molecule has 120 valence electrons. The normalized spacial score (nSPS) is 15.8. The molecule has 0 N–H and O–H groups in total. The summed E-state index contributed by atoms with van der Waals surface area (Å²) in [6, 6.07) is 16.3. The molecule has 4 nitrogen and oxygen atoms in total. The number of hydrogen-bond donors (Lipinski definition) is 0. The highest BCUT2D eigenvalue weighted by atomic mass is 16.2. The van der Waals surface area contributed by atoms with Crippen LogP contribution in [-0.4, -0.2) is 42.0 Å². The minimum atomic E-state index is -0.0508. The van der Waals surface area contributed by atoms with E-state index in [-0.39, 0.29) is 17.9 Å². The molecule has 0 saturated carbocycles. The van der Waals surface area contributed by atoms with Crippen LogP contribution in [0.15, 0.2) is 54.7 Å². The van der Waals surface area contributed by atoms with Crippen LogP contribution >= 0.6 is 0 Å². The van der Waals surface area contributed by atoms with Crippen LogP contribution < -0.4 is 4.90 Å². The fourth-order valence-corrected chi connectivity index (χ4v) is 3.09. The Kier molecular flexibility index (Phi) is 4.60. The summed E-state index contributed by atoms with van der Waals surface area (Å²) in [5.74, 6) is 1.15. The molecule has 0 spiro atoms. The van der Waals surface area contributed by atoms with E-state index in [2.05, 4.69) is 16.8 Å². The predicted molar refractivity (Wildman–Crippen MR) is 92.5 cm³/mol. The van der Waals surface area contributed by atoms with E-state index in [1.165, 1.54) is 0 Å². The third-order valence-electron chi connectivity index (χ3n) is 4.64. The number of carbonyl (C=O) groups excluding carboxylic acids is 1. The largest absolute Gasteiger partial charge is 0.352 e. The molecule has 1 atom stereocenters. The third kappa shape index (κ3) is 3.21. The number of nitrogens with zero attached hydrogens (tertiary/aromatic N) is 3. The highest BCUT2D eigenvalue weighted by molar-refractivity contribution is 5.84. The van der Waals surface area contributed by atoms with Crippen molar-refractivity contribution in [2.45, 2.75) is 25.3 Å². The molecule has 1 amide bonds. The standard InChI is InChI=1S/C19H23N3O/c1-3-17(15-9-5-4-6-10-15)19(23)21(2)16-13-22(14-16)18-11-7-8-12-20-18/h4-12,16-17H,3,13-14H2,1-2H3. The van der Waals surface area contributed by atoms with Crippen molar-refractivity contribution < 1.29 is 4.79 Å². The van der Waals surface area contributed by atoms with Crippen LogP contribution in [0.5, 0.6) is 0 Å². The number of pyridine rings is 1. The van der Waals surface area contributed by atoms with E-state index < -0.39 is 0 Å². The molecule has 1 saturated heterocycles. The third-order valence-corrected chi connectivity index (χ3v) is 4.64. The summed E-state index contributed by atoms with van der Waals surface area (Å²) in [6.07, 6.45) is 2.63. The van der Waals surface area contributed by atoms with E-state index in [0.717, 1.165) is 30.9 Å². The predicted octanol–water partition coefficient (Wildman–Crippen LogP) is 2.92. The zero-order chi connectivity index (χ0) is 16.2. The van der Waals surface area contributed by atoms with Crippen molar-refractivity contribution in [3.05, 3.63) is 60.3 Å². The van der Waals surface area contributed by atoms with Crippen LogP contribution in [-0.2, 0) is 4.79 Å². The molecular formula is C19H23N3O. The molecular weight excluding hydrogens is 286 g/mol. The topological polar surface area (TPSA) is 36.4 Å². The number of hydrogen-bond acceptors (Lipinski definition) is 3. The number of likely N-dealkylation sites (N-methyl/N-ethyl adjacent to an activating group) is 1. The molecule has 23 heavy (non-hydrogen) atoms. The number of benzene rings is 1. The first-order valence-electron chi connectivity index (χ1n) is 8.18. The molecule has 0 radical (unpaired) electrons. The van der Waals surface area contributed by atoms with Gasteiger partial charge in [-0.25, -0.2) is 4.98 Å². The van der Waals surface area contributed by atoms with Gasteiger partial charge in [-0.2, -0.15) is 0 Å². The zero-order valence-electron chi connectivity index (χ0n) is 13.7. The van der Waals surface area contributed by atoms with E-state index in [1.807, 2.05) is 60.5 Å². The zero-order valence-corrected chi connectivity index (χ0v) is 13.7. The van der Waals surface area contributed by atoms with Gasteiger partial charge in [0.15, 0.2) is 0 Å². The van der Waals surface area contributed by atoms with Gasteiger partial charge in [-0.15, -0.1) is 0 Å². The Labute approximate surface area is 137 Å².